The summed E-state index contributed by atoms with van der Waals surface area (Å²) in [6.45, 7) is 1.73. The Labute approximate surface area is 133 Å². The lowest BCUT2D eigenvalue weighted by molar-refractivity contribution is 0.0971. The SMILES string of the molecule is Cc1cc(NC(=O)NC(=O)c2ccc(-c3cccs3)s2)on1. The molecule has 0 aromatic carbocycles. The Morgan fingerprint density at radius 3 is 2.77 bits per heavy atom. The van der Waals surface area contributed by atoms with Crippen LogP contribution in [0.2, 0.25) is 0 Å². The summed E-state index contributed by atoms with van der Waals surface area (Å²) in [6.07, 6.45) is 0. The van der Waals surface area contributed by atoms with Crippen LogP contribution in [0.4, 0.5) is 10.7 Å². The molecule has 2 N–H and O–H groups in total. The van der Waals surface area contributed by atoms with E-state index >= 15 is 0 Å². The Morgan fingerprint density at radius 1 is 1.23 bits per heavy atom. The molecule has 8 heteroatoms. The maximum absolute atomic E-state index is 12.0. The second kappa shape index (κ2) is 6.12. The van der Waals surface area contributed by atoms with Gasteiger partial charge in [-0.3, -0.25) is 15.4 Å². The number of imide groups is 1. The van der Waals surface area contributed by atoms with Crippen LogP contribution in [0.3, 0.4) is 0 Å². The van der Waals surface area contributed by atoms with Gasteiger partial charge in [-0.2, -0.15) is 0 Å². The average Bonchev–Trinajstić information content (AvgIpc) is 3.18. The Morgan fingerprint density at radius 2 is 2.09 bits per heavy atom. The predicted molar refractivity (Wildman–Crippen MR) is 85.4 cm³/mol. The predicted octanol–water partition coefficient (Wildman–Crippen LogP) is 3.73. The molecule has 0 spiro atoms. The molecule has 3 heterocycles. The highest BCUT2D eigenvalue weighted by Gasteiger charge is 2.15. The molecule has 3 amide bonds. The van der Waals surface area contributed by atoms with E-state index in [0.29, 0.717) is 10.6 Å². The van der Waals surface area contributed by atoms with Gasteiger partial charge >= 0.3 is 6.03 Å². The van der Waals surface area contributed by atoms with Crippen LogP contribution in [0.1, 0.15) is 15.4 Å². The van der Waals surface area contributed by atoms with Crippen molar-refractivity contribution in [3.8, 4) is 9.75 Å². The van der Waals surface area contributed by atoms with Crippen LogP contribution in [-0.4, -0.2) is 17.1 Å². The Kier molecular flexibility index (Phi) is 4.03. The minimum atomic E-state index is -0.660. The van der Waals surface area contributed by atoms with Gasteiger partial charge < -0.3 is 4.52 Å². The number of nitrogens with one attached hydrogen (secondary N) is 2. The summed E-state index contributed by atoms with van der Waals surface area (Å²) in [5, 5.41) is 10.3. The van der Waals surface area contributed by atoms with Crippen LogP contribution in [0.5, 0.6) is 0 Å². The van der Waals surface area contributed by atoms with Crippen molar-refractivity contribution in [3.05, 3.63) is 46.3 Å². The first kappa shape index (κ1) is 14.5. The molecule has 0 saturated heterocycles. The number of anilines is 1. The van der Waals surface area contributed by atoms with E-state index in [2.05, 4.69) is 15.8 Å². The Bertz CT molecular complexity index is 805. The van der Waals surface area contributed by atoms with E-state index in [9.17, 15) is 9.59 Å². The summed E-state index contributed by atoms with van der Waals surface area (Å²) in [4.78, 5) is 26.3. The number of urea groups is 1. The van der Waals surface area contributed by atoms with Crippen LogP contribution in [0.15, 0.2) is 40.2 Å². The number of thiophene rings is 2. The summed E-state index contributed by atoms with van der Waals surface area (Å²) in [5.74, 6) is -0.269. The van der Waals surface area contributed by atoms with Gasteiger partial charge in [0.25, 0.3) is 5.91 Å². The van der Waals surface area contributed by atoms with Gasteiger partial charge in [0.05, 0.1) is 10.6 Å². The molecular formula is C14H11N3O3S2. The lowest BCUT2D eigenvalue weighted by atomic mass is 10.3. The van der Waals surface area contributed by atoms with Gasteiger partial charge in [0.2, 0.25) is 5.88 Å². The number of nitrogens with zero attached hydrogens (tertiary/aromatic N) is 1. The van der Waals surface area contributed by atoms with Gasteiger partial charge in [0.1, 0.15) is 0 Å². The molecule has 22 heavy (non-hydrogen) atoms. The molecule has 0 atom stereocenters. The molecule has 0 fully saturated rings. The first-order chi connectivity index (χ1) is 10.6. The summed E-state index contributed by atoms with van der Waals surface area (Å²) in [5.41, 5.74) is 0.639. The number of carbonyl (C=O) groups excluding carboxylic acids is 2. The van der Waals surface area contributed by atoms with Crippen molar-refractivity contribution in [1.29, 1.82) is 0 Å². The zero-order chi connectivity index (χ0) is 15.5. The highest BCUT2D eigenvalue weighted by Crippen LogP contribution is 2.31. The summed E-state index contributed by atoms with van der Waals surface area (Å²) in [6, 6.07) is 8.39. The van der Waals surface area contributed by atoms with Crippen molar-refractivity contribution in [3.63, 3.8) is 0 Å². The van der Waals surface area contributed by atoms with E-state index < -0.39 is 11.9 Å². The second-order valence-corrected chi connectivity index (χ2v) is 6.41. The first-order valence-corrected chi connectivity index (χ1v) is 8.01. The zero-order valence-corrected chi connectivity index (χ0v) is 13.1. The van der Waals surface area contributed by atoms with Gasteiger partial charge in [-0.15, -0.1) is 22.7 Å². The maximum atomic E-state index is 12.0. The second-order valence-electron chi connectivity index (χ2n) is 4.38. The lowest BCUT2D eigenvalue weighted by Crippen LogP contribution is -2.33. The molecule has 3 aromatic rings. The molecule has 3 rings (SSSR count). The smallest absolute Gasteiger partial charge is 0.328 e. The monoisotopic (exact) mass is 333 g/mol. The number of rotatable bonds is 3. The number of hydrogen-bond donors (Lipinski definition) is 2. The molecule has 0 aliphatic heterocycles. The van der Waals surface area contributed by atoms with E-state index in [1.165, 1.54) is 11.3 Å². The third kappa shape index (κ3) is 3.23. The minimum Gasteiger partial charge on any atom is -0.338 e. The van der Waals surface area contributed by atoms with Gasteiger partial charge in [-0.05, 0) is 30.5 Å². The number of hydrogen-bond acceptors (Lipinski definition) is 6. The number of aromatic nitrogens is 1. The van der Waals surface area contributed by atoms with Gasteiger partial charge in [0.15, 0.2) is 0 Å². The molecule has 0 aliphatic carbocycles. The first-order valence-electron chi connectivity index (χ1n) is 6.31. The van der Waals surface area contributed by atoms with E-state index in [-0.39, 0.29) is 5.88 Å². The number of amides is 3. The van der Waals surface area contributed by atoms with Crippen molar-refractivity contribution in [2.75, 3.05) is 5.32 Å². The quantitative estimate of drug-likeness (QED) is 0.765. The normalized spacial score (nSPS) is 10.4. The fraction of sp³-hybridized carbons (Fsp3) is 0.0714. The molecule has 0 unspecified atom stereocenters. The maximum Gasteiger partial charge on any atom is 0.328 e. The van der Waals surface area contributed by atoms with Crippen molar-refractivity contribution < 1.29 is 14.1 Å². The molecule has 0 saturated carbocycles. The molecule has 0 aliphatic rings. The summed E-state index contributed by atoms with van der Waals surface area (Å²) >= 11 is 2.93. The topological polar surface area (TPSA) is 84.2 Å². The third-order valence-corrected chi connectivity index (χ3v) is 4.84. The van der Waals surface area contributed by atoms with E-state index in [0.717, 1.165) is 9.75 Å². The minimum absolute atomic E-state index is 0.188. The van der Waals surface area contributed by atoms with Gasteiger partial charge in [0, 0.05) is 15.8 Å². The Hall–Kier alpha value is -2.45. The number of carbonyl (C=O) groups is 2. The van der Waals surface area contributed by atoms with Crippen molar-refractivity contribution in [2.45, 2.75) is 6.92 Å². The molecule has 0 bridgehead atoms. The van der Waals surface area contributed by atoms with Crippen molar-refractivity contribution in [2.24, 2.45) is 0 Å². The zero-order valence-electron chi connectivity index (χ0n) is 11.5. The van der Waals surface area contributed by atoms with Crippen LogP contribution in [0.25, 0.3) is 9.75 Å². The number of aryl methyl sites for hydroxylation is 1. The van der Waals surface area contributed by atoms with Crippen LogP contribution >= 0.6 is 22.7 Å². The van der Waals surface area contributed by atoms with Crippen LogP contribution < -0.4 is 10.6 Å². The van der Waals surface area contributed by atoms with E-state index in [1.54, 1.807) is 30.4 Å². The largest absolute Gasteiger partial charge is 0.338 e. The summed E-state index contributed by atoms with van der Waals surface area (Å²) < 4.78 is 4.85. The van der Waals surface area contributed by atoms with Crippen molar-refractivity contribution >= 4 is 40.5 Å². The molecule has 6 nitrogen and oxygen atoms in total. The third-order valence-electron chi connectivity index (χ3n) is 2.69. The Balaban J connectivity index is 1.63. The average molecular weight is 333 g/mol. The van der Waals surface area contributed by atoms with E-state index in [4.69, 9.17) is 4.52 Å². The van der Waals surface area contributed by atoms with Gasteiger partial charge in [-0.25, -0.2) is 4.79 Å². The summed E-state index contributed by atoms with van der Waals surface area (Å²) in [7, 11) is 0. The molecular weight excluding hydrogens is 322 g/mol. The molecule has 3 aromatic heterocycles. The highest BCUT2D eigenvalue weighted by molar-refractivity contribution is 7.22. The molecule has 112 valence electrons. The van der Waals surface area contributed by atoms with Crippen LogP contribution in [-0.2, 0) is 0 Å². The van der Waals surface area contributed by atoms with E-state index in [1.807, 2.05) is 23.6 Å². The fourth-order valence-electron chi connectivity index (χ4n) is 1.74. The lowest BCUT2D eigenvalue weighted by Gasteiger charge is -2.01. The fourth-order valence-corrected chi connectivity index (χ4v) is 3.48. The van der Waals surface area contributed by atoms with Crippen molar-refractivity contribution in [1.82, 2.24) is 10.5 Å². The highest BCUT2D eigenvalue weighted by atomic mass is 32.1. The van der Waals surface area contributed by atoms with Crippen LogP contribution in [0, 0.1) is 6.92 Å². The molecule has 0 radical (unpaired) electrons. The van der Waals surface area contributed by atoms with Gasteiger partial charge in [-0.1, -0.05) is 11.2 Å². The standard InChI is InChI=1S/C14H11N3O3S2/c1-8-7-12(20-17-8)15-14(19)16-13(18)11-5-4-10(22-11)9-3-2-6-21-9/h2-7H,1H3,(H2,15,16,18,19).